The van der Waals surface area contributed by atoms with Crippen LogP contribution in [0.25, 0.3) is 0 Å². The second-order valence-electron chi connectivity index (χ2n) is 4.10. The minimum Gasteiger partial charge on any atom is -0.502 e. The Bertz CT molecular complexity index is 377. The van der Waals surface area contributed by atoms with Crippen LogP contribution in [-0.2, 0) is 6.54 Å². The summed E-state index contributed by atoms with van der Waals surface area (Å²) in [5, 5.41) is 23.1. The fraction of sp³-hybridized carbons (Fsp3) is 0.455. The molecule has 0 aromatic heterocycles. The van der Waals surface area contributed by atoms with Gasteiger partial charge in [0.05, 0.1) is 4.92 Å². The summed E-state index contributed by atoms with van der Waals surface area (Å²) in [5.74, 6) is 0.264. The minimum absolute atomic E-state index is 0.257. The van der Waals surface area contributed by atoms with Crippen molar-refractivity contribution in [2.75, 3.05) is 6.54 Å². The van der Waals surface area contributed by atoms with Gasteiger partial charge < -0.3 is 10.4 Å². The highest BCUT2D eigenvalue weighted by Gasteiger charge is 2.12. The molecule has 0 atom stereocenters. The van der Waals surface area contributed by atoms with E-state index in [1.165, 1.54) is 12.1 Å². The molecule has 1 aromatic rings. The van der Waals surface area contributed by atoms with Crippen LogP contribution in [0.1, 0.15) is 19.4 Å². The van der Waals surface area contributed by atoms with Crippen LogP contribution in [0.5, 0.6) is 5.75 Å². The van der Waals surface area contributed by atoms with Crippen LogP contribution >= 0.6 is 0 Å². The number of hydrogen-bond donors (Lipinski definition) is 2. The predicted molar refractivity (Wildman–Crippen MR) is 61.3 cm³/mol. The number of nitro benzene ring substituents is 1. The second kappa shape index (κ2) is 5.46. The van der Waals surface area contributed by atoms with Crippen molar-refractivity contribution in [1.29, 1.82) is 0 Å². The average molecular weight is 224 g/mol. The molecule has 2 N–H and O–H groups in total. The standard InChI is InChI=1S/C11H16N2O3/c1-8(2)6-12-7-9-3-4-10(13(15)16)11(14)5-9/h3-5,8,12,14H,6-7H2,1-2H3. The van der Waals surface area contributed by atoms with Crippen LogP contribution in [0, 0.1) is 16.0 Å². The number of phenolic OH excluding ortho intramolecular Hbond substituents is 1. The Balaban J connectivity index is 2.63. The Morgan fingerprint density at radius 2 is 2.19 bits per heavy atom. The van der Waals surface area contributed by atoms with Gasteiger partial charge in [0.1, 0.15) is 0 Å². The number of hydrogen-bond acceptors (Lipinski definition) is 4. The Morgan fingerprint density at radius 3 is 2.69 bits per heavy atom. The molecule has 0 saturated heterocycles. The van der Waals surface area contributed by atoms with Crippen molar-refractivity contribution in [3.8, 4) is 5.75 Å². The molecule has 5 heteroatoms. The van der Waals surface area contributed by atoms with Gasteiger partial charge in [-0.25, -0.2) is 0 Å². The van der Waals surface area contributed by atoms with Crippen LogP contribution in [0.2, 0.25) is 0 Å². The lowest BCUT2D eigenvalue weighted by molar-refractivity contribution is -0.385. The van der Waals surface area contributed by atoms with Gasteiger partial charge in [0, 0.05) is 12.6 Å². The van der Waals surface area contributed by atoms with Gasteiger partial charge in [-0.05, 0) is 24.1 Å². The van der Waals surface area contributed by atoms with Gasteiger partial charge in [-0.2, -0.15) is 0 Å². The first-order valence-electron chi connectivity index (χ1n) is 5.17. The van der Waals surface area contributed by atoms with Gasteiger partial charge >= 0.3 is 5.69 Å². The predicted octanol–water partition coefficient (Wildman–Crippen LogP) is 2.05. The number of aromatic hydroxyl groups is 1. The molecule has 88 valence electrons. The maximum atomic E-state index is 10.5. The molecule has 0 bridgehead atoms. The Kier molecular flexibility index (Phi) is 4.25. The van der Waals surface area contributed by atoms with Gasteiger partial charge in [0.25, 0.3) is 0 Å². The lowest BCUT2D eigenvalue weighted by Crippen LogP contribution is -2.18. The van der Waals surface area contributed by atoms with E-state index in [-0.39, 0.29) is 11.4 Å². The van der Waals surface area contributed by atoms with Crippen molar-refractivity contribution in [1.82, 2.24) is 5.32 Å². The Morgan fingerprint density at radius 1 is 1.50 bits per heavy atom. The Labute approximate surface area is 94.3 Å². The van der Waals surface area contributed by atoms with Crippen molar-refractivity contribution in [3.05, 3.63) is 33.9 Å². The summed E-state index contributed by atoms with van der Waals surface area (Å²) in [5.41, 5.74) is 0.580. The van der Waals surface area contributed by atoms with Crippen LogP contribution in [0.3, 0.4) is 0 Å². The molecule has 0 unspecified atom stereocenters. The first kappa shape index (κ1) is 12.4. The molecule has 1 aromatic carbocycles. The van der Waals surface area contributed by atoms with Gasteiger partial charge in [0.2, 0.25) is 0 Å². The summed E-state index contributed by atoms with van der Waals surface area (Å²) in [7, 11) is 0. The first-order chi connectivity index (χ1) is 7.50. The van der Waals surface area contributed by atoms with E-state index >= 15 is 0 Å². The summed E-state index contributed by atoms with van der Waals surface area (Å²) in [6.07, 6.45) is 0. The fourth-order valence-corrected chi connectivity index (χ4v) is 1.34. The molecular weight excluding hydrogens is 208 g/mol. The summed E-state index contributed by atoms with van der Waals surface area (Å²) in [6.45, 7) is 5.67. The molecule has 0 aliphatic carbocycles. The maximum Gasteiger partial charge on any atom is 0.310 e. The lowest BCUT2D eigenvalue weighted by Gasteiger charge is -2.07. The van der Waals surface area contributed by atoms with Crippen molar-refractivity contribution in [2.24, 2.45) is 5.92 Å². The van der Waals surface area contributed by atoms with Crippen molar-refractivity contribution in [3.63, 3.8) is 0 Å². The van der Waals surface area contributed by atoms with E-state index in [0.29, 0.717) is 12.5 Å². The normalized spacial score (nSPS) is 10.7. The molecule has 0 spiro atoms. The highest BCUT2D eigenvalue weighted by atomic mass is 16.6. The third-order valence-corrected chi connectivity index (χ3v) is 2.12. The van der Waals surface area contributed by atoms with Crippen molar-refractivity contribution in [2.45, 2.75) is 20.4 Å². The quantitative estimate of drug-likeness (QED) is 0.592. The molecule has 5 nitrogen and oxygen atoms in total. The van der Waals surface area contributed by atoms with E-state index in [4.69, 9.17) is 0 Å². The van der Waals surface area contributed by atoms with E-state index in [9.17, 15) is 15.2 Å². The zero-order chi connectivity index (χ0) is 12.1. The second-order valence-corrected chi connectivity index (χ2v) is 4.10. The van der Waals surface area contributed by atoms with Crippen molar-refractivity contribution >= 4 is 5.69 Å². The van der Waals surface area contributed by atoms with Crippen LogP contribution in [0.15, 0.2) is 18.2 Å². The molecule has 0 heterocycles. The lowest BCUT2D eigenvalue weighted by atomic mass is 10.1. The summed E-state index contributed by atoms with van der Waals surface area (Å²) >= 11 is 0. The van der Waals surface area contributed by atoms with E-state index in [2.05, 4.69) is 19.2 Å². The number of rotatable bonds is 5. The highest BCUT2D eigenvalue weighted by Crippen LogP contribution is 2.25. The van der Waals surface area contributed by atoms with E-state index in [1.54, 1.807) is 6.07 Å². The summed E-state index contributed by atoms with van der Waals surface area (Å²) in [4.78, 5) is 9.87. The molecule has 0 fully saturated rings. The number of phenols is 1. The number of nitrogens with one attached hydrogen (secondary N) is 1. The molecule has 1 rings (SSSR count). The van der Waals surface area contributed by atoms with Gasteiger partial charge in [-0.15, -0.1) is 0 Å². The third-order valence-electron chi connectivity index (χ3n) is 2.12. The third kappa shape index (κ3) is 3.51. The summed E-state index contributed by atoms with van der Waals surface area (Å²) in [6, 6.07) is 4.39. The SMILES string of the molecule is CC(C)CNCc1ccc([N+](=O)[O-])c(O)c1. The molecular formula is C11H16N2O3. The Hall–Kier alpha value is -1.62. The van der Waals surface area contributed by atoms with Crippen LogP contribution < -0.4 is 5.32 Å². The minimum atomic E-state index is -0.597. The van der Waals surface area contributed by atoms with E-state index in [1.807, 2.05) is 0 Å². The zero-order valence-electron chi connectivity index (χ0n) is 9.43. The molecule has 0 aliphatic heterocycles. The average Bonchev–Trinajstić information content (AvgIpc) is 2.16. The van der Waals surface area contributed by atoms with E-state index < -0.39 is 4.92 Å². The van der Waals surface area contributed by atoms with E-state index in [0.717, 1.165) is 12.1 Å². The zero-order valence-corrected chi connectivity index (χ0v) is 9.43. The molecule has 0 aliphatic rings. The summed E-state index contributed by atoms with van der Waals surface area (Å²) < 4.78 is 0. The topological polar surface area (TPSA) is 75.4 Å². The number of benzene rings is 1. The molecule has 16 heavy (non-hydrogen) atoms. The van der Waals surface area contributed by atoms with Gasteiger partial charge in [-0.3, -0.25) is 10.1 Å². The molecule has 0 amide bonds. The first-order valence-corrected chi connectivity index (χ1v) is 5.17. The van der Waals surface area contributed by atoms with Crippen LogP contribution in [0.4, 0.5) is 5.69 Å². The van der Waals surface area contributed by atoms with Gasteiger partial charge in [0.15, 0.2) is 5.75 Å². The van der Waals surface area contributed by atoms with Crippen molar-refractivity contribution < 1.29 is 10.0 Å². The smallest absolute Gasteiger partial charge is 0.310 e. The molecule has 0 radical (unpaired) electrons. The molecule has 0 saturated carbocycles. The number of nitro groups is 1. The number of nitrogens with zero attached hydrogens (tertiary/aromatic N) is 1. The van der Waals surface area contributed by atoms with Gasteiger partial charge in [-0.1, -0.05) is 19.9 Å². The van der Waals surface area contributed by atoms with Crippen LogP contribution in [-0.4, -0.2) is 16.6 Å². The largest absolute Gasteiger partial charge is 0.502 e. The maximum absolute atomic E-state index is 10.5. The monoisotopic (exact) mass is 224 g/mol. The fourth-order valence-electron chi connectivity index (χ4n) is 1.34. The highest BCUT2D eigenvalue weighted by molar-refractivity contribution is 5.47.